The highest BCUT2D eigenvalue weighted by atomic mass is 16.5. The van der Waals surface area contributed by atoms with Crippen LogP contribution in [-0.2, 0) is 14.3 Å². The molecule has 0 unspecified atom stereocenters. The normalized spacial score (nSPS) is 14.9. The molecule has 0 saturated heterocycles. The number of benzene rings is 4. The predicted molar refractivity (Wildman–Crippen MR) is 138 cm³/mol. The number of ether oxygens (including phenoxy) is 2. The molecule has 0 aromatic heterocycles. The highest BCUT2D eigenvalue weighted by Crippen LogP contribution is 2.38. The van der Waals surface area contributed by atoms with Gasteiger partial charge in [0.15, 0.2) is 5.78 Å². The Hall–Kier alpha value is -4.78. The van der Waals surface area contributed by atoms with Gasteiger partial charge in [-0.1, -0.05) is 54.6 Å². The van der Waals surface area contributed by atoms with E-state index in [0.29, 0.717) is 23.6 Å². The zero-order valence-electron chi connectivity index (χ0n) is 20.0. The third-order valence-corrected chi connectivity index (χ3v) is 6.27. The molecular weight excluding hydrogens is 470 g/mol. The van der Waals surface area contributed by atoms with Crippen LogP contribution in [0.1, 0.15) is 39.3 Å². The van der Waals surface area contributed by atoms with Crippen LogP contribution >= 0.6 is 0 Å². The molecule has 0 bridgehead atoms. The number of carbonyl (C=O) groups is 4. The number of hydrogen-bond acceptors (Lipinski definition) is 6. The van der Waals surface area contributed by atoms with Gasteiger partial charge in [0.05, 0.1) is 12.2 Å². The number of esters is 1. The van der Waals surface area contributed by atoms with Crippen LogP contribution in [0.3, 0.4) is 0 Å². The highest BCUT2D eigenvalue weighted by Gasteiger charge is 2.46. The summed E-state index contributed by atoms with van der Waals surface area (Å²) in [6.45, 7) is 2.35. The molecule has 4 aromatic carbocycles. The average Bonchev–Trinajstić information content (AvgIpc) is 3.25. The van der Waals surface area contributed by atoms with Gasteiger partial charge in [0.25, 0.3) is 5.91 Å². The van der Waals surface area contributed by atoms with E-state index < -0.39 is 35.5 Å². The Bertz CT molecular complexity index is 1520. The first kappa shape index (κ1) is 23.9. The van der Waals surface area contributed by atoms with E-state index in [-0.39, 0.29) is 11.1 Å². The van der Waals surface area contributed by atoms with Crippen molar-refractivity contribution in [2.45, 2.75) is 13.0 Å². The molecule has 1 aliphatic heterocycles. The molecule has 2 atom stereocenters. The number of Topliss-reactive ketones (excluding diaryl/α,β-unsaturated/α-hetero) is 2. The van der Waals surface area contributed by atoms with Crippen LogP contribution in [0.4, 0.5) is 5.69 Å². The van der Waals surface area contributed by atoms with Crippen molar-refractivity contribution in [3.63, 3.8) is 0 Å². The van der Waals surface area contributed by atoms with Gasteiger partial charge < -0.3 is 14.8 Å². The summed E-state index contributed by atoms with van der Waals surface area (Å²) in [5, 5.41) is 4.28. The Balaban J connectivity index is 1.49. The maximum Gasteiger partial charge on any atom is 0.339 e. The number of fused-ring (bicyclic) bond motifs is 2. The lowest BCUT2D eigenvalue weighted by molar-refractivity contribution is -0.138. The van der Waals surface area contributed by atoms with Crippen molar-refractivity contribution in [3.05, 3.63) is 108 Å². The van der Waals surface area contributed by atoms with Crippen molar-refractivity contribution in [2.24, 2.45) is 5.92 Å². The Morgan fingerprint density at radius 2 is 1.59 bits per heavy atom. The molecule has 1 N–H and O–H groups in total. The Labute approximate surface area is 213 Å². The molecular formula is C30H23NO6. The van der Waals surface area contributed by atoms with E-state index in [0.717, 1.165) is 10.8 Å². The van der Waals surface area contributed by atoms with Crippen molar-refractivity contribution in [3.8, 4) is 5.75 Å². The Kier molecular flexibility index (Phi) is 6.51. The quantitative estimate of drug-likeness (QED) is 0.158. The van der Waals surface area contributed by atoms with Crippen LogP contribution in [0.2, 0.25) is 0 Å². The largest absolute Gasteiger partial charge is 0.494 e. The van der Waals surface area contributed by atoms with E-state index in [9.17, 15) is 19.2 Å². The second kappa shape index (κ2) is 10.1. The van der Waals surface area contributed by atoms with Gasteiger partial charge in [-0.3, -0.25) is 14.4 Å². The molecule has 1 amide bonds. The number of carbonyl (C=O) groups excluding carboxylic acids is 4. The molecule has 184 valence electrons. The summed E-state index contributed by atoms with van der Waals surface area (Å²) < 4.78 is 10.9. The van der Waals surface area contributed by atoms with E-state index in [4.69, 9.17) is 9.47 Å². The minimum atomic E-state index is -1.56. The third-order valence-electron chi connectivity index (χ3n) is 6.27. The van der Waals surface area contributed by atoms with E-state index in [2.05, 4.69) is 5.32 Å². The molecule has 0 radical (unpaired) electrons. The van der Waals surface area contributed by atoms with Crippen molar-refractivity contribution >= 4 is 39.9 Å². The monoisotopic (exact) mass is 493 g/mol. The number of rotatable bonds is 8. The van der Waals surface area contributed by atoms with E-state index in [1.54, 1.807) is 66.7 Å². The number of hydrogen-bond donors (Lipinski definition) is 1. The smallest absolute Gasteiger partial charge is 0.339 e. The first-order valence-corrected chi connectivity index (χ1v) is 11.9. The molecule has 7 heteroatoms. The maximum absolute atomic E-state index is 13.8. The fraction of sp³-hybridized carbons (Fsp3) is 0.133. The zero-order chi connectivity index (χ0) is 25.9. The van der Waals surface area contributed by atoms with E-state index in [1.807, 2.05) is 31.2 Å². The van der Waals surface area contributed by atoms with Crippen LogP contribution in [-0.4, -0.2) is 30.0 Å². The van der Waals surface area contributed by atoms with Gasteiger partial charge in [-0.15, -0.1) is 0 Å². The lowest BCUT2D eigenvalue weighted by Gasteiger charge is -2.21. The fourth-order valence-electron chi connectivity index (χ4n) is 4.47. The lowest BCUT2D eigenvalue weighted by atomic mass is 9.84. The van der Waals surface area contributed by atoms with Crippen LogP contribution < -0.4 is 10.1 Å². The summed E-state index contributed by atoms with van der Waals surface area (Å²) in [7, 11) is 0. The van der Waals surface area contributed by atoms with Gasteiger partial charge in [-0.05, 0) is 54.1 Å². The minimum absolute atomic E-state index is 0.242. The number of anilines is 1. The molecule has 37 heavy (non-hydrogen) atoms. The molecule has 0 spiro atoms. The number of ketones is 2. The van der Waals surface area contributed by atoms with Gasteiger partial charge >= 0.3 is 5.97 Å². The van der Waals surface area contributed by atoms with Crippen molar-refractivity contribution in [1.29, 1.82) is 0 Å². The van der Waals surface area contributed by atoms with E-state index in [1.165, 1.54) is 0 Å². The first-order valence-electron chi connectivity index (χ1n) is 11.9. The second-order valence-corrected chi connectivity index (χ2v) is 8.59. The minimum Gasteiger partial charge on any atom is -0.494 e. The first-order chi connectivity index (χ1) is 18.0. The predicted octanol–water partition coefficient (Wildman–Crippen LogP) is 5.16. The molecule has 0 saturated carbocycles. The third kappa shape index (κ3) is 4.71. The van der Waals surface area contributed by atoms with E-state index >= 15 is 0 Å². The molecule has 0 fully saturated rings. The van der Waals surface area contributed by atoms with Gasteiger partial charge in [-0.25, -0.2) is 4.79 Å². The number of cyclic esters (lactones) is 1. The second-order valence-electron chi connectivity index (χ2n) is 8.59. The summed E-state index contributed by atoms with van der Waals surface area (Å²) in [4.78, 5) is 53.0. The van der Waals surface area contributed by atoms with Crippen LogP contribution in [0.5, 0.6) is 5.75 Å². The summed E-state index contributed by atoms with van der Waals surface area (Å²) in [5.41, 5.74) is 1.27. The lowest BCUT2D eigenvalue weighted by Crippen LogP contribution is -2.38. The zero-order valence-corrected chi connectivity index (χ0v) is 20.0. The number of amides is 1. The topological polar surface area (TPSA) is 98.8 Å². The van der Waals surface area contributed by atoms with Crippen LogP contribution in [0.25, 0.3) is 10.8 Å². The van der Waals surface area contributed by atoms with Crippen molar-refractivity contribution in [2.75, 3.05) is 11.9 Å². The number of nitrogens with one attached hydrogen (secondary N) is 1. The maximum atomic E-state index is 13.8. The molecule has 4 aromatic rings. The molecule has 1 aliphatic rings. The Morgan fingerprint density at radius 3 is 2.35 bits per heavy atom. The van der Waals surface area contributed by atoms with Crippen LogP contribution in [0, 0.1) is 5.92 Å². The summed E-state index contributed by atoms with van der Waals surface area (Å²) in [6, 6.07) is 25.6. The summed E-state index contributed by atoms with van der Waals surface area (Å²) >= 11 is 0. The fourth-order valence-corrected chi connectivity index (χ4v) is 4.47. The molecule has 0 aliphatic carbocycles. The van der Waals surface area contributed by atoms with Crippen LogP contribution in [0.15, 0.2) is 91.0 Å². The van der Waals surface area contributed by atoms with Crippen molar-refractivity contribution < 1.29 is 28.7 Å². The average molecular weight is 494 g/mol. The van der Waals surface area contributed by atoms with Gasteiger partial charge in [0.1, 0.15) is 17.8 Å². The molecule has 5 rings (SSSR count). The van der Waals surface area contributed by atoms with Crippen molar-refractivity contribution in [1.82, 2.24) is 0 Å². The Morgan fingerprint density at radius 1 is 0.892 bits per heavy atom. The summed E-state index contributed by atoms with van der Waals surface area (Å²) in [6.07, 6.45) is -1.22. The molecule has 7 nitrogen and oxygen atoms in total. The van der Waals surface area contributed by atoms with Gasteiger partial charge in [0, 0.05) is 16.8 Å². The standard InChI is InChI=1S/C30H23NO6/c1-2-36-22-15-13-21(14-16-22)31-29(34)27(33)25(28-23-9-5-6-10-24(23)30(35)37-28)26(32)20-12-11-18-7-3-4-8-19(18)17-20/h3-17,25,28H,2H2,1H3,(H,31,34)/t25-,28-/m1/s1. The molecule has 1 heterocycles. The summed E-state index contributed by atoms with van der Waals surface area (Å²) in [5.74, 6) is -4.17. The van der Waals surface area contributed by atoms with Gasteiger partial charge in [0.2, 0.25) is 5.78 Å². The van der Waals surface area contributed by atoms with Gasteiger partial charge in [-0.2, -0.15) is 0 Å². The SMILES string of the molecule is CCOc1ccc(NC(=O)C(=O)[C@@H](C(=O)c2ccc3ccccc3c2)[C@@H]2OC(=O)c3ccccc32)cc1. The highest BCUT2D eigenvalue weighted by molar-refractivity contribution is 6.45.